The molecule has 19 heteroatoms. The third-order valence-electron chi connectivity index (χ3n) is 6.81. The Balaban J connectivity index is 0.000000671. The van der Waals surface area contributed by atoms with E-state index in [4.69, 9.17) is 9.90 Å². The number of imidazole rings is 1. The lowest BCUT2D eigenvalue weighted by Crippen LogP contribution is -2.31. The zero-order chi connectivity index (χ0) is 35.5. The zero-order valence-electron chi connectivity index (χ0n) is 24.1. The highest BCUT2D eigenvalue weighted by molar-refractivity contribution is 7.90. The molecule has 48 heavy (non-hydrogen) atoms. The van der Waals surface area contributed by atoms with E-state index in [1.807, 2.05) is 35.1 Å². The van der Waals surface area contributed by atoms with Gasteiger partial charge in [0, 0.05) is 0 Å². The van der Waals surface area contributed by atoms with Crippen LogP contribution in [0, 0.1) is 0 Å². The number of nitrogens with one attached hydrogen (secondary N) is 3. The van der Waals surface area contributed by atoms with Crippen molar-refractivity contribution in [1.29, 1.82) is 0 Å². The lowest BCUT2D eigenvalue weighted by atomic mass is 10.0. The van der Waals surface area contributed by atoms with E-state index in [1.165, 1.54) is 18.3 Å². The largest absolute Gasteiger partial charge is 0.490 e. The molecule has 2 heterocycles. The fourth-order valence-corrected chi connectivity index (χ4v) is 7.19. The summed E-state index contributed by atoms with van der Waals surface area (Å²) in [5.41, 5.74) is 1.25. The number of aliphatic carboxylic acids is 1. The average Bonchev–Trinajstić information content (AvgIpc) is 3.61. The van der Waals surface area contributed by atoms with Gasteiger partial charge in [-0.1, -0.05) is 60.7 Å². The summed E-state index contributed by atoms with van der Waals surface area (Å²) < 4.78 is 127. The highest BCUT2D eigenvalue weighted by Crippen LogP contribution is 2.32. The number of hydrogen-bond acceptors (Lipinski definition) is 7. The van der Waals surface area contributed by atoms with Gasteiger partial charge in [0.1, 0.15) is 11.1 Å². The molecule has 256 valence electrons. The van der Waals surface area contributed by atoms with Gasteiger partial charge in [0.05, 0.1) is 34.8 Å². The number of rotatable bonds is 8. The maximum atomic E-state index is 13.3. The van der Waals surface area contributed by atoms with Gasteiger partial charge in [-0.15, -0.1) is 0 Å². The van der Waals surface area contributed by atoms with Crippen LogP contribution in [0.25, 0.3) is 11.3 Å². The SMILES string of the molecule is O=C(O)C(F)(F)F.O=C1CC(c2ccc(CC(NS(=O)(=O)c3cccc(C(F)(F)F)c3)c3ncc(-c4ccccc4)[nH]3)cc2)S(=O)(=O)N1. The number of aromatic nitrogens is 2. The molecule has 1 fully saturated rings. The Hall–Kier alpha value is -4.75. The topological polar surface area (TPSA) is 175 Å². The summed E-state index contributed by atoms with van der Waals surface area (Å²) in [6, 6.07) is 17.8. The van der Waals surface area contributed by atoms with Crippen molar-refractivity contribution in [2.24, 2.45) is 0 Å². The molecule has 3 aromatic carbocycles. The summed E-state index contributed by atoms with van der Waals surface area (Å²) >= 11 is 0. The Bertz CT molecular complexity index is 2000. The Morgan fingerprint density at radius 2 is 1.60 bits per heavy atom. The van der Waals surface area contributed by atoms with Crippen molar-refractivity contribution in [3.63, 3.8) is 0 Å². The molecule has 0 saturated carbocycles. The van der Waals surface area contributed by atoms with Gasteiger partial charge in [-0.05, 0) is 41.3 Å². The Labute approximate surface area is 269 Å². The van der Waals surface area contributed by atoms with Gasteiger partial charge < -0.3 is 10.1 Å². The van der Waals surface area contributed by atoms with Crippen LogP contribution in [0.5, 0.6) is 0 Å². The number of carbonyl (C=O) groups is 2. The van der Waals surface area contributed by atoms with Gasteiger partial charge >= 0.3 is 18.3 Å². The van der Waals surface area contributed by atoms with Crippen LogP contribution in [0.2, 0.25) is 0 Å². The first kappa shape index (κ1) is 36.1. The summed E-state index contributed by atoms with van der Waals surface area (Å²) in [5, 5.41) is 6.08. The molecule has 0 spiro atoms. The summed E-state index contributed by atoms with van der Waals surface area (Å²) in [5.74, 6) is -3.14. The average molecular weight is 719 g/mol. The number of alkyl halides is 6. The molecule has 4 N–H and O–H groups in total. The molecule has 0 radical (unpaired) electrons. The summed E-state index contributed by atoms with van der Waals surface area (Å²) in [4.78, 5) is 27.4. The summed E-state index contributed by atoms with van der Waals surface area (Å²) in [7, 11) is -8.29. The lowest BCUT2D eigenvalue weighted by Gasteiger charge is -2.18. The molecule has 1 aliphatic rings. The first-order chi connectivity index (χ1) is 22.3. The number of nitrogens with zero attached hydrogens (tertiary/aromatic N) is 1. The van der Waals surface area contributed by atoms with Crippen LogP contribution in [0.15, 0.2) is 90.0 Å². The third-order valence-corrected chi connectivity index (χ3v) is 9.98. The maximum Gasteiger partial charge on any atom is 0.490 e. The van der Waals surface area contributed by atoms with Crippen molar-refractivity contribution in [3.8, 4) is 11.3 Å². The normalized spacial score (nSPS) is 16.8. The number of benzene rings is 3. The molecule has 1 aliphatic heterocycles. The predicted molar refractivity (Wildman–Crippen MR) is 157 cm³/mol. The summed E-state index contributed by atoms with van der Waals surface area (Å²) in [6.45, 7) is 0. The Kier molecular flexibility index (Phi) is 10.4. The Morgan fingerprint density at radius 1 is 0.979 bits per heavy atom. The number of carbonyl (C=O) groups excluding carboxylic acids is 1. The molecule has 11 nitrogen and oxygen atoms in total. The fraction of sp³-hybridized carbons (Fsp3) is 0.207. The number of H-pyrrole nitrogens is 1. The van der Waals surface area contributed by atoms with Crippen molar-refractivity contribution >= 4 is 31.9 Å². The molecule has 1 amide bonds. The molecule has 4 aromatic rings. The molecule has 5 rings (SSSR count). The second-order valence-corrected chi connectivity index (χ2v) is 13.8. The van der Waals surface area contributed by atoms with Crippen LogP contribution in [0.4, 0.5) is 26.3 Å². The van der Waals surface area contributed by atoms with E-state index in [-0.39, 0.29) is 18.7 Å². The van der Waals surface area contributed by atoms with Crippen LogP contribution in [0.3, 0.4) is 0 Å². The quantitative estimate of drug-likeness (QED) is 0.187. The molecule has 1 saturated heterocycles. The van der Waals surface area contributed by atoms with Gasteiger partial charge in [0.2, 0.25) is 26.0 Å². The van der Waals surface area contributed by atoms with Crippen molar-refractivity contribution in [3.05, 3.63) is 108 Å². The van der Waals surface area contributed by atoms with E-state index >= 15 is 0 Å². The van der Waals surface area contributed by atoms with E-state index in [2.05, 4.69) is 14.7 Å². The second-order valence-electron chi connectivity index (χ2n) is 10.3. The van der Waals surface area contributed by atoms with E-state index in [0.717, 1.165) is 23.8 Å². The van der Waals surface area contributed by atoms with Gasteiger partial charge in [-0.25, -0.2) is 31.3 Å². The summed E-state index contributed by atoms with van der Waals surface area (Å²) in [6.07, 6.45) is -8.48. The number of carboxylic acid groups (broad SMARTS) is 1. The van der Waals surface area contributed by atoms with Crippen LogP contribution in [0.1, 0.15) is 40.2 Å². The number of carboxylic acids is 1. The van der Waals surface area contributed by atoms with E-state index in [0.29, 0.717) is 22.9 Å². The highest BCUT2D eigenvalue weighted by Gasteiger charge is 2.39. The minimum Gasteiger partial charge on any atom is -0.475 e. The molecule has 2 atom stereocenters. The molecule has 0 aliphatic carbocycles. The maximum absolute atomic E-state index is 13.3. The van der Waals surface area contributed by atoms with E-state index in [9.17, 15) is 48.0 Å². The van der Waals surface area contributed by atoms with Crippen LogP contribution < -0.4 is 9.44 Å². The Morgan fingerprint density at radius 3 is 2.15 bits per heavy atom. The van der Waals surface area contributed by atoms with Crippen molar-refractivity contribution in [2.75, 3.05) is 0 Å². The van der Waals surface area contributed by atoms with E-state index < -0.39 is 66.0 Å². The monoisotopic (exact) mass is 718 g/mol. The number of sulfonamides is 2. The smallest absolute Gasteiger partial charge is 0.475 e. The van der Waals surface area contributed by atoms with Gasteiger partial charge in [-0.3, -0.25) is 9.52 Å². The van der Waals surface area contributed by atoms with Gasteiger partial charge in [-0.2, -0.15) is 26.3 Å². The number of aromatic amines is 1. The highest BCUT2D eigenvalue weighted by atomic mass is 32.2. The number of amides is 1. The predicted octanol–water partition coefficient (Wildman–Crippen LogP) is 4.88. The van der Waals surface area contributed by atoms with Crippen LogP contribution in [-0.2, 0) is 42.2 Å². The van der Waals surface area contributed by atoms with E-state index in [1.54, 1.807) is 12.1 Å². The number of hydrogen-bond donors (Lipinski definition) is 4. The molecular formula is C29H24F6N4O7S2. The molecule has 1 aromatic heterocycles. The third kappa shape index (κ3) is 8.98. The zero-order valence-corrected chi connectivity index (χ0v) is 25.7. The fourth-order valence-electron chi connectivity index (χ4n) is 4.52. The van der Waals surface area contributed by atoms with Gasteiger partial charge in [0.15, 0.2) is 0 Å². The standard InChI is InChI=1S/C27H23F3N4O5S2.C2HF3O2/c28-27(29,30)20-7-4-8-21(14-20)40(36,37)33-22(26-31-16-23(32-26)18-5-2-1-3-6-18)13-17-9-11-19(12-10-17)24-15-25(35)34-41(24,38)39;3-2(4,5)1(6)7/h1-12,14,16,22,24,33H,13,15H2,(H,31,32)(H,34,35);(H,6,7). The van der Waals surface area contributed by atoms with Gasteiger partial charge in [0.25, 0.3) is 0 Å². The first-order valence-electron chi connectivity index (χ1n) is 13.5. The minimum absolute atomic E-state index is 0.0226. The first-order valence-corrected chi connectivity index (χ1v) is 16.5. The van der Waals surface area contributed by atoms with Crippen molar-refractivity contribution in [2.45, 2.75) is 41.4 Å². The molecule has 2 unspecified atom stereocenters. The van der Waals surface area contributed by atoms with Crippen LogP contribution in [-0.4, -0.2) is 50.0 Å². The van der Waals surface area contributed by atoms with Crippen molar-refractivity contribution < 1.29 is 57.9 Å². The number of halogens is 6. The molecular weight excluding hydrogens is 694 g/mol. The van der Waals surface area contributed by atoms with Crippen molar-refractivity contribution in [1.82, 2.24) is 19.4 Å². The second kappa shape index (κ2) is 13.8. The van der Waals surface area contributed by atoms with Crippen LogP contribution >= 0.6 is 0 Å². The minimum atomic E-state index is -5.08. The molecule has 0 bridgehead atoms. The lowest BCUT2D eigenvalue weighted by molar-refractivity contribution is -0.192.